The highest BCUT2D eigenvalue weighted by atomic mass is 16.2. The molecule has 13 heteroatoms. The molecule has 6 heterocycles. The van der Waals surface area contributed by atoms with Crippen molar-refractivity contribution in [1.82, 2.24) is 34.9 Å². The van der Waals surface area contributed by atoms with Gasteiger partial charge in [-0.1, -0.05) is 0 Å². The molecule has 1 aliphatic carbocycles. The smallest absolute Gasteiger partial charge is 0.262 e. The number of imide groups is 2. The molecule has 9 rings (SSSR count). The number of fused-ring (bicyclic) bond motifs is 3. The van der Waals surface area contributed by atoms with E-state index in [4.69, 9.17) is 15.1 Å². The topological polar surface area (TPSA) is 146 Å². The fraction of sp³-hybridized carbons (Fsp3) is 0.447. The van der Waals surface area contributed by atoms with Gasteiger partial charge >= 0.3 is 0 Å². The summed E-state index contributed by atoms with van der Waals surface area (Å²) < 4.78 is 2.08. The van der Waals surface area contributed by atoms with Crippen molar-refractivity contribution in [2.24, 2.45) is 5.92 Å². The molecule has 51 heavy (non-hydrogen) atoms. The van der Waals surface area contributed by atoms with Gasteiger partial charge < -0.3 is 10.2 Å². The number of rotatable bonds is 9. The zero-order valence-electron chi connectivity index (χ0n) is 28.5. The number of amides is 4. The van der Waals surface area contributed by atoms with Crippen molar-refractivity contribution >= 4 is 46.0 Å². The van der Waals surface area contributed by atoms with Crippen LogP contribution in [0.25, 0.3) is 22.3 Å². The number of nitrogens with zero attached hydrogens (tertiary/aromatic N) is 7. The van der Waals surface area contributed by atoms with Gasteiger partial charge in [-0.25, -0.2) is 4.98 Å². The van der Waals surface area contributed by atoms with E-state index in [9.17, 15) is 19.2 Å². The van der Waals surface area contributed by atoms with E-state index in [1.54, 1.807) is 18.2 Å². The van der Waals surface area contributed by atoms with Crippen LogP contribution in [-0.2, 0) is 9.59 Å². The Morgan fingerprint density at radius 3 is 2.65 bits per heavy atom. The maximum absolute atomic E-state index is 13.1. The quantitative estimate of drug-likeness (QED) is 0.196. The summed E-state index contributed by atoms with van der Waals surface area (Å²) >= 11 is 0. The van der Waals surface area contributed by atoms with Crippen molar-refractivity contribution < 1.29 is 19.2 Å². The van der Waals surface area contributed by atoms with Crippen LogP contribution >= 0.6 is 0 Å². The van der Waals surface area contributed by atoms with E-state index < -0.39 is 23.8 Å². The molecule has 4 aromatic rings. The monoisotopic (exact) mass is 687 g/mol. The first-order chi connectivity index (χ1) is 24.9. The molecule has 2 atom stereocenters. The van der Waals surface area contributed by atoms with Gasteiger partial charge in [-0.2, -0.15) is 5.10 Å². The van der Waals surface area contributed by atoms with E-state index in [-0.39, 0.29) is 29.9 Å². The van der Waals surface area contributed by atoms with Crippen molar-refractivity contribution in [2.45, 2.75) is 69.5 Å². The maximum atomic E-state index is 13.1. The Labute approximate surface area is 295 Å². The number of piperazine rings is 1. The van der Waals surface area contributed by atoms with Crippen LogP contribution in [0.3, 0.4) is 0 Å². The molecule has 0 spiro atoms. The first-order valence-corrected chi connectivity index (χ1v) is 18.3. The van der Waals surface area contributed by atoms with Crippen molar-refractivity contribution in [3.63, 3.8) is 0 Å². The van der Waals surface area contributed by atoms with Crippen molar-refractivity contribution in [1.29, 1.82) is 0 Å². The summed E-state index contributed by atoms with van der Waals surface area (Å²) in [6, 6.07) is 11.7. The Balaban J connectivity index is 0.759. The number of anilines is 2. The lowest BCUT2D eigenvalue weighted by Gasteiger charge is -2.38. The summed E-state index contributed by atoms with van der Waals surface area (Å²) in [7, 11) is 0. The molecule has 2 N–H and O–H groups in total. The molecule has 4 aliphatic heterocycles. The van der Waals surface area contributed by atoms with E-state index in [1.807, 2.05) is 12.4 Å². The van der Waals surface area contributed by atoms with Crippen molar-refractivity contribution in [2.75, 3.05) is 42.9 Å². The van der Waals surface area contributed by atoms with Gasteiger partial charge in [0.15, 0.2) is 0 Å². The second-order valence-corrected chi connectivity index (χ2v) is 14.7. The molecule has 2 aromatic heterocycles. The minimum atomic E-state index is -0.963. The van der Waals surface area contributed by atoms with Gasteiger partial charge in [-0.15, -0.1) is 0 Å². The number of benzene rings is 2. The Morgan fingerprint density at radius 2 is 1.76 bits per heavy atom. The lowest BCUT2D eigenvalue weighted by Crippen LogP contribution is -2.54. The third-order valence-electron chi connectivity index (χ3n) is 11.5. The number of nitrogens with one attached hydrogen (secondary N) is 2. The lowest BCUT2D eigenvalue weighted by atomic mass is 9.77. The van der Waals surface area contributed by atoms with E-state index in [2.05, 4.69) is 49.5 Å². The molecule has 4 fully saturated rings. The van der Waals surface area contributed by atoms with Crippen LogP contribution in [-0.4, -0.2) is 98.0 Å². The normalized spacial score (nSPS) is 24.9. The van der Waals surface area contributed by atoms with Crippen molar-refractivity contribution in [3.05, 3.63) is 66.1 Å². The summed E-state index contributed by atoms with van der Waals surface area (Å²) in [4.78, 5) is 65.8. The zero-order valence-corrected chi connectivity index (χ0v) is 28.5. The van der Waals surface area contributed by atoms with Gasteiger partial charge in [-0.3, -0.25) is 44.0 Å². The predicted molar refractivity (Wildman–Crippen MR) is 190 cm³/mol. The minimum absolute atomic E-state index is 0.0984. The van der Waals surface area contributed by atoms with E-state index >= 15 is 0 Å². The molecular weight excluding hydrogens is 646 g/mol. The zero-order chi connectivity index (χ0) is 34.6. The summed E-state index contributed by atoms with van der Waals surface area (Å²) in [6.07, 6.45) is 12.9. The van der Waals surface area contributed by atoms with Gasteiger partial charge in [0.2, 0.25) is 11.8 Å². The highest BCUT2D eigenvalue weighted by molar-refractivity contribution is 6.23. The van der Waals surface area contributed by atoms with Gasteiger partial charge in [0.1, 0.15) is 6.04 Å². The van der Waals surface area contributed by atoms with Crippen molar-refractivity contribution in [3.8, 4) is 11.3 Å². The Hall–Kier alpha value is -5.17. The Bertz CT molecular complexity index is 2060. The fourth-order valence-corrected chi connectivity index (χ4v) is 8.59. The molecule has 0 radical (unpaired) electrons. The number of aromatic nitrogens is 4. The Morgan fingerprint density at radius 1 is 0.882 bits per heavy atom. The molecule has 2 unspecified atom stereocenters. The van der Waals surface area contributed by atoms with Crippen LogP contribution in [0.15, 0.2) is 55.0 Å². The van der Waals surface area contributed by atoms with E-state index in [0.717, 1.165) is 84.7 Å². The number of piperidine rings is 1. The first-order valence-electron chi connectivity index (χ1n) is 18.3. The second-order valence-electron chi connectivity index (χ2n) is 14.7. The summed E-state index contributed by atoms with van der Waals surface area (Å²) in [5.74, 6) is -1.36. The van der Waals surface area contributed by atoms with Crippen LogP contribution in [0.5, 0.6) is 0 Å². The highest BCUT2D eigenvalue weighted by Crippen LogP contribution is 2.41. The first kappa shape index (κ1) is 31.8. The Kier molecular flexibility index (Phi) is 8.02. The molecule has 4 amide bonds. The predicted octanol–water partition coefficient (Wildman–Crippen LogP) is 4.02. The summed E-state index contributed by atoms with van der Waals surface area (Å²) in [6.45, 7) is 5.24. The SMILES string of the molecule is O=C1CCC(N2C(=O)c3ccc(NCCCC4CC(n5cc(-c6cnc7ccc(N8CCN9CCCC9C8)cc7n6)cn5)C4)cc3C2=O)C(=O)N1. The molecule has 0 bridgehead atoms. The molecule has 262 valence electrons. The fourth-order valence-electron chi connectivity index (χ4n) is 8.59. The average molecular weight is 688 g/mol. The summed E-state index contributed by atoms with van der Waals surface area (Å²) in [5, 5.41) is 10.3. The van der Waals surface area contributed by atoms with Gasteiger partial charge in [0.05, 0.1) is 46.3 Å². The van der Waals surface area contributed by atoms with E-state index in [1.165, 1.54) is 25.1 Å². The van der Waals surface area contributed by atoms with Gasteiger partial charge in [0, 0.05) is 61.8 Å². The van der Waals surface area contributed by atoms with Gasteiger partial charge in [0.25, 0.3) is 11.8 Å². The average Bonchev–Trinajstić information content (AvgIpc) is 3.86. The number of carbonyl (C=O) groups excluding carboxylic acids is 4. The molecule has 3 saturated heterocycles. The molecule has 5 aliphatic rings. The number of carbonyl (C=O) groups is 4. The number of hydrogen-bond donors (Lipinski definition) is 2. The molecule has 1 saturated carbocycles. The van der Waals surface area contributed by atoms with Crippen LogP contribution in [0.2, 0.25) is 0 Å². The second kappa shape index (κ2) is 12.9. The third-order valence-corrected chi connectivity index (χ3v) is 11.5. The van der Waals surface area contributed by atoms with Crippen LogP contribution < -0.4 is 15.5 Å². The summed E-state index contributed by atoms with van der Waals surface area (Å²) in [5.41, 5.74) is 6.20. The molecule has 2 aromatic carbocycles. The van der Waals surface area contributed by atoms with Gasteiger partial charge in [-0.05, 0) is 93.8 Å². The lowest BCUT2D eigenvalue weighted by molar-refractivity contribution is -0.136. The van der Waals surface area contributed by atoms with E-state index in [0.29, 0.717) is 18.0 Å². The standard InChI is InChI=1S/C38H41N9O4/c48-35-10-9-34(36(49)43-35)47-37(50)29-7-5-25(17-30(29)38(47)51)39-11-1-3-23-15-28(16-23)46-21-24(19-41-46)33-20-40-31-8-6-26(18-32(31)42-33)45-14-13-44-12-2-4-27(44)22-45/h5-8,17-21,23,27-28,34,39H,1-4,9-16,22H2,(H,43,48,49). The largest absolute Gasteiger partial charge is 0.385 e. The highest BCUT2D eigenvalue weighted by Gasteiger charge is 2.44. The van der Waals surface area contributed by atoms with Crippen LogP contribution in [0, 0.1) is 5.92 Å². The van der Waals surface area contributed by atoms with Crippen LogP contribution in [0.4, 0.5) is 11.4 Å². The molecule has 13 nitrogen and oxygen atoms in total. The molecular formula is C38H41N9O4. The van der Waals surface area contributed by atoms with Crippen LogP contribution in [0.1, 0.15) is 78.1 Å². The number of hydrogen-bond acceptors (Lipinski definition) is 10. The third kappa shape index (κ3) is 5.92. The minimum Gasteiger partial charge on any atom is -0.385 e. The maximum Gasteiger partial charge on any atom is 0.262 e.